The number of aliphatic hydroxyl groups is 1. The summed E-state index contributed by atoms with van der Waals surface area (Å²) in [5.41, 5.74) is 2.95. The van der Waals surface area contributed by atoms with Crippen molar-refractivity contribution in [3.8, 4) is 0 Å². The first kappa shape index (κ1) is 11.1. The zero-order valence-corrected chi connectivity index (χ0v) is 8.49. The first-order valence-electron chi connectivity index (χ1n) is 4.55. The van der Waals surface area contributed by atoms with Crippen molar-refractivity contribution in [3.05, 3.63) is 0 Å². The van der Waals surface area contributed by atoms with Crippen LogP contribution in [-0.4, -0.2) is 46.4 Å². The van der Waals surface area contributed by atoms with Crippen LogP contribution < -0.4 is 5.73 Å². The molecule has 0 aromatic heterocycles. The molecule has 0 spiro atoms. The average molecular weight is 200 g/mol. The van der Waals surface area contributed by atoms with Crippen LogP contribution in [0.15, 0.2) is 0 Å². The van der Waals surface area contributed by atoms with E-state index in [4.69, 9.17) is 5.73 Å². The number of primary amides is 1. The van der Waals surface area contributed by atoms with E-state index < -0.39 is 17.0 Å². The van der Waals surface area contributed by atoms with Gasteiger partial charge in [-0.15, -0.1) is 0 Å². The van der Waals surface area contributed by atoms with Crippen LogP contribution in [-0.2, 0) is 9.59 Å². The molecule has 1 amide bonds. The molecule has 80 valence electrons. The van der Waals surface area contributed by atoms with E-state index in [2.05, 4.69) is 0 Å². The zero-order chi connectivity index (χ0) is 11.0. The normalized spacial score (nSPS) is 29.1. The maximum atomic E-state index is 10.9. The first-order chi connectivity index (χ1) is 6.32. The molecule has 0 aromatic carbocycles. The molecule has 1 atom stereocenters. The molecule has 0 aromatic rings. The third-order valence-corrected chi connectivity index (χ3v) is 2.81. The van der Waals surface area contributed by atoms with Crippen molar-refractivity contribution >= 4 is 12.2 Å². The third kappa shape index (κ3) is 1.78. The van der Waals surface area contributed by atoms with Gasteiger partial charge in [-0.25, -0.2) is 0 Å². The van der Waals surface area contributed by atoms with Gasteiger partial charge in [0.25, 0.3) is 5.91 Å². The van der Waals surface area contributed by atoms with Crippen LogP contribution in [0, 0.1) is 0 Å². The van der Waals surface area contributed by atoms with Gasteiger partial charge < -0.3 is 15.6 Å². The van der Waals surface area contributed by atoms with Crippen molar-refractivity contribution in [2.75, 3.05) is 13.1 Å². The van der Waals surface area contributed by atoms with Crippen LogP contribution in [0.1, 0.15) is 20.3 Å². The topological polar surface area (TPSA) is 83.6 Å². The predicted octanol–water partition coefficient (Wildman–Crippen LogP) is -1.11. The Hall–Kier alpha value is -0.940. The van der Waals surface area contributed by atoms with Gasteiger partial charge in [-0.3, -0.25) is 9.69 Å². The number of carbonyl (C=O) groups is 2. The van der Waals surface area contributed by atoms with E-state index in [0.29, 0.717) is 13.0 Å². The summed E-state index contributed by atoms with van der Waals surface area (Å²) in [4.78, 5) is 23.5. The molecule has 1 fully saturated rings. The molecule has 0 saturated carbocycles. The lowest BCUT2D eigenvalue weighted by atomic mass is 10.0. The Bertz CT molecular complexity index is 265. The van der Waals surface area contributed by atoms with E-state index >= 15 is 0 Å². The van der Waals surface area contributed by atoms with E-state index in [9.17, 15) is 14.7 Å². The highest BCUT2D eigenvalue weighted by Gasteiger charge is 2.45. The monoisotopic (exact) mass is 200 g/mol. The van der Waals surface area contributed by atoms with Gasteiger partial charge in [-0.05, 0) is 20.3 Å². The molecule has 0 aliphatic carbocycles. The largest absolute Gasteiger partial charge is 0.379 e. The van der Waals surface area contributed by atoms with Crippen LogP contribution in [0.4, 0.5) is 0 Å². The summed E-state index contributed by atoms with van der Waals surface area (Å²) in [5, 5.41) is 9.77. The van der Waals surface area contributed by atoms with E-state index in [-0.39, 0.29) is 6.54 Å². The van der Waals surface area contributed by atoms with Crippen LogP contribution in [0.25, 0.3) is 0 Å². The van der Waals surface area contributed by atoms with Gasteiger partial charge in [0.15, 0.2) is 5.60 Å². The molecule has 0 radical (unpaired) electrons. The number of nitrogens with zero attached hydrogens (tertiary/aromatic N) is 1. The maximum absolute atomic E-state index is 10.9. The lowest BCUT2D eigenvalue weighted by Gasteiger charge is -2.30. The van der Waals surface area contributed by atoms with Gasteiger partial charge >= 0.3 is 0 Å². The lowest BCUT2D eigenvalue weighted by molar-refractivity contribution is -0.136. The quantitative estimate of drug-likeness (QED) is 0.566. The average Bonchev–Trinajstić information content (AvgIpc) is 2.50. The minimum Gasteiger partial charge on any atom is -0.379 e. The Kier molecular flexibility index (Phi) is 2.65. The summed E-state index contributed by atoms with van der Waals surface area (Å²) in [6.45, 7) is 4.12. The second kappa shape index (κ2) is 3.33. The number of hydrogen-bond donors (Lipinski definition) is 2. The molecule has 0 bridgehead atoms. The van der Waals surface area contributed by atoms with E-state index in [1.807, 2.05) is 0 Å². The minimum absolute atomic E-state index is 0.133. The number of nitrogens with two attached hydrogens (primary N) is 1. The number of amides is 1. The molecule has 3 N–H and O–H groups in total. The van der Waals surface area contributed by atoms with E-state index in [0.717, 1.165) is 6.29 Å². The Labute approximate surface area is 82.9 Å². The second-order valence-electron chi connectivity index (χ2n) is 4.34. The molecule has 1 unspecified atom stereocenters. The van der Waals surface area contributed by atoms with E-state index in [1.165, 1.54) is 0 Å². The molecule has 5 heteroatoms. The number of likely N-dealkylation sites (tertiary alicyclic amines) is 1. The molecular formula is C9H16N2O3. The Morgan fingerprint density at radius 2 is 2.21 bits per heavy atom. The third-order valence-electron chi connectivity index (χ3n) is 2.81. The highest BCUT2D eigenvalue weighted by molar-refractivity contribution is 5.84. The molecule has 1 heterocycles. The van der Waals surface area contributed by atoms with Crippen molar-refractivity contribution in [1.29, 1.82) is 0 Å². The van der Waals surface area contributed by atoms with Crippen molar-refractivity contribution in [2.24, 2.45) is 5.73 Å². The van der Waals surface area contributed by atoms with Gasteiger partial charge in [-0.2, -0.15) is 0 Å². The number of rotatable bonds is 3. The number of carbonyl (C=O) groups excluding carboxylic acids is 2. The van der Waals surface area contributed by atoms with Gasteiger partial charge in [-0.1, -0.05) is 0 Å². The Balaban J connectivity index is 2.75. The number of aldehydes is 1. The Morgan fingerprint density at radius 3 is 2.57 bits per heavy atom. The van der Waals surface area contributed by atoms with Gasteiger partial charge in [0.2, 0.25) is 0 Å². The summed E-state index contributed by atoms with van der Waals surface area (Å²) < 4.78 is 0. The van der Waals surface area contributed by atoms with E-state index in [1.54, 1.807) is 18.7 Å². The number of β-amino-alcohol motifs (C(OH)–C–C–N with tert-alkyl or cyclic N) is 1. The fourth-order valence-corrected chi connectivity index (χ4v) is 1.56. The fraction of sp³-hybridized carbons (Fsp3) is 0.778. The molecule has 1 aliphatic rings. The summed E-state index contributed by atoms with van der Waals surface area (Å²) in [6.07, 6.45) is 1.10. The molecule has 1 saturated heterocycles. The van der Waals surface area contributed by atoms with Gasteiger partial charge in [0, 0.05) is 13.1 Å². The SMILES string of the molecule is CC(C)(C=O)N1CCC(O)(C(N)=O)C1. The minimum atomic E-state index is -1.47. The second-order valence-corrected chi connectivity index (χ2v) is 4.34. The lowest BCUT2D eigenvalue weighted by Crippen LogP contribution is -2.50. The van der Waals surface area contributed by atoms with Gasteiger partial charge in [0.05, 0.1) is 5.54 Å². The molecule has 5 nitrogen and oxygen atoms in total. The summed E-state index contributed by atoms with van der Waals surface area (Å²) in [5.74, 6) is -0.721. The highest BCUT2D eigenvalue weighted by Crippen LogP contribution is 2.26. The first-order valence-corrected chi connectivity index (χ1v) is 4.55. The van der Waals surface area contributed by atoms with Gasteiger partial charge in [0.1, 0.15) is 6.29 Å². The maximum Gasteiger partial charge on any atom is 0.250 e. The standard InChI is InChI=1S/C9H16N2O3/c1-8(2,6-12)11-4-3-9(14,5-11)7(10)13/h6,14H,3-5H2,1-2H3,(H2,10,13). The molecule has 1 rings (SSSR count). The van der Waals surface area contributed by atoms with Crippen molar-refractivity contribution in [3.63, 3.8) is 0 Å². The number of hydrogen-bond acceptors (Lipinski definition) is 4. The Morgan fingerprint density at radius 1 is 1.64 bits per heavy atom. The smallest absolute Gasteiger partial charge is 0.250 e. The van der Waals surface area contributed by atoms with Crippen LogP contribution in [0.3, 0.4) is 0 Å². The summed E-state index contributed by atoms with van der Waals surface area (Å²) >= 11 is 0. The zero-order valence-electron chi connectivity index (χ0n) is 8.49. The molecule has 14 heavy (non-hydrogen) atoms. The fourth-order valence-electron chi connectivity index (χ4n) is 1.56. The highest BCUT2D eigenvalue weighted by atomic mass is 16.3. The van der Waals surface area contributed by atoms with Crippen LogP contribution in [0.5, 0.6) is 0 Å². The molecular weight excluding hydrogens is 184 g/mol. The summed E-state index contributed by atoms with van der Waals surface area (Å²) in [6, 6.07) is 0. The van der Waals surface area contributed by atoms with Crippen molar-refractivity contribution in [2.45, 2.75) is 31.4 Å². The van der Waals surface area contributed by atoms with Crippen LogP contribution in [0.2, 0.25) is 0 Å². The molecule has 1 aliphatic heterocycles. The van der Waals surface area contributed by atoms with Crippen molar-refractivity contribution < 1.29 is 14.7 Å². The summed E-state index contributed by atoms with van der Waals surface area (Å²) in [7, 11) is 0. The van der Waals surface area contributed by atoms with Crippen LogP contribution >= 0.6 is 0 Å². The predicted molar refractivity (Wildman–Crippen MR) is 50.5 cm³/mol. The van der Waals surface area contributed by atoms with Crippen molar-refractivity contribution in [1.82, 2.24) is 4.90 Å².